The largest absolute Gasteiger partial charge is 0.511 e. The molecule has 0 radical (unpaired) electrons. The summed E-state index contributed by atoms with van der Waals surface area (Å²) < 4.78 is 0. The van der Waals surface area contributed by atoms with Crippen LogP contribution in [0.25, 0.3) is 0 Å². The number of allylic oxidation sites excluding steroid dienone is 1. The number of hydrogen-bond donors (Lipinski definition) is 2. The lowest BCUT2D eigenvalue weighted by Crippen LogP contribution is -2.29. The smallest absolute Gasteiger partial charge is 0.259 e. The maximum atomic E-state index is 12.2. The molecule has 4 heteroatoms. The highest BCUT2D eigenvalue weighted by molar-refractivity contribution is 6.26. The minimum absolute atomic E-state index is 0.00490. The monoisotopic (exact) mass is 271 g/mol. The van der Waals surface area contributed by atoms with Crippen molar-refractivity contribution in [1.82, 2.24) is 5.32 Å². The van der Waals surface area contributed by atoms with E-state index in [1.807, 2.05) is 30.3 Å². The Bertz CT molecular complexity index is 573. The average Bonchev–Trinajstić information content (AvgIpc) is 3.25. The lowest BCUT2D eigenvalue weighted by molar-refractivity contribution is -0.117. The Hall–Kier alpha value is -2.10. The van der Waals surface area contributed by atoms with E-state index in [0.717, 1.165) is 24.8 Å². The summed E-state index contributed by atoms with van der Waals surface area (Å²) in [5, 5.41) is 12.6. The van der Waals surface area contributed by atoms with Crippen LogP contribution >= 0.6 is 0 Å². The molecule has 2 N–H and O–H groups in total. The second-order valence-electron chi connectivity index (χ2n) is 5.45. The van der Waals surface area contributed by atoms with Crippen LogP contribution < -0.4 is 5.32 Å². The van der Waals surface area contributed by atoms with Gasteiger partial charge in [-0.2, -0.15) is 0 Å². The fourth-order valence-electron chi connectivity index (χ4n) is 2.54. The van der Waals surface area contributed by atoms with E-state index in [4.69, 9.17) is 0 Å². The number of aliphatic hydroxyl groups excluding tert-OH is 1. The number of carbonyl (C=O) groups excluding carboxylic acids is 2. The Labute approximate surface area is 117 Å². The molecule has 0 spiro atoms. The molecule has 1 aromatic carbocycles. The molecule has 1 unspecified atom stereocenters. The zero-order valence-corrected chi connectivity index (χ0v) is 11.1. The molecule has 104 valence electrons. The van der Waals surface area contributed by atoms with Gasteiger partial charge in [-0.3, -0.25) is 9.59 Å². The minimum Gasteiger partial charge on any atom is -0.511 e. The zero-order valence-electron chi connectivity index (χ0n) is 11.1. The summed E-state index contributed by atoms with van der Waals surface area (Å²) in [5.74, 6) is -0.657. The summed E-state index contributed by atoms with van der Waals surface area (Å²) in [6.45, 7) is 0. The van der Waals surface area contributed by atoms with E-state index in [0.29, 0.717) is 6.42 Å². The molecule has 1 saturated heterocycles. The van der Waals surface area contributed by atoms with Gasteiger partial charge in [-0.25, -0.2) is 0 Å². The van der Waals surface area contributed by atoms with Gasteiger partial charge in [-0.1, -0.05) is 30.3 Å². The molecule has 1 atom stereocenters. The third-order valence-electron chi connectivity index (χ3n) is 3.88. The van der Waals surface area contributed by atoms with E-state index in [1.165, 1.54) is 0 Å². The van der Waals surface area contributed by atoms with Gasteiger partial charge in [0.1, 0.15) is 11.3 Å². The number of Topliss-reactive ketones (excluding diaryl/α,β-unsaturated/α-hetero) is 1. The molecule has 0 aromatic heterocycles. The second kappa shape index (κ2) is 5.12. The van der Waals surface area contributed by atoms with E-state index in [9.17, 15) is 14.7 Å². The fraction of sp³-hybridized carbons (Fsp3) is 0.375. The molecule has 1 amide bonds. The highest BCUT2D eigenvalue weighted by atomic mass is 16.3. The van der Waals surface area contributed by atoms with Crippen molar-refractivity contribution in [3.63, 3.8) is 0 Å². The van der Waals surface area contributed by atoms with E-state index in [2.05, 4.69) is 5.32 Å². The van der Waals surface area contributed by atoms with Crippen LogP contribution in [0, 0.1) is 5.92 Å². The summed E-state index contributed by atoms with van der Waals surface area (Å²) >= 11 is 0. The van der Waals surface area contributed by atoms with Gasteiger partial charge in [0.25, 0.3) is 5.91 Å². The third kappa shape index (κ3) is 2.46. The van der Waals surface area contributed by atoms with E-state index in [1.54, 1.807) is 0 Å². The standard InChI is InChI=1S/C16H17NO3/c18-14(11-7-8-11)13-15(19)12(17-16(13)20)9-6-10-4-2-1-3-5-10/h1-5,11-12,18H,6-9H2,(H,17,20). The first kappa shape index (κ1) is 12.9. The van der Waals surface area contributed by atoms with Gasteiger partial charge >= 0.3 is 0 Å². The maximum Gasteiger partial charge on any atom is 0.259 e. The van der Waals surface area contributed by atoms with Gasteiger partial charge in [-0.15, -0.1) is 0 Å². The molecule has 2 fully saturated rings. The number of amides is 1. The Morgan fingerprint density at radius 1 is 1.20 bits per heavy atom. The molecule has 0 bridgehead atoms. The summed E-state index contributed by atoms with van der Waals surface area (Å²) in [7, 11) is 0. The van der Waals surface area contributed by atoms with E-state index < -0.39 is 11.9 Å². The molecule has 3 rings (SSSR count). The van der Waals surface area contributed by atoms with Crippen molar-refractivity contribution in [2.24, 2.45) is 5.92 Å². The van der Waals surface area contributed by atoms with E-state index in [-0.39, 0.29) is 23.0 Å². The first-order valence-corrected chi connectivity index (χ1v) is 6.99. The van der Waals surface area contributed by atoms with Gasteiger partial charge in [0.05, 0.1) is 6.04 Å². The Morgan fingerprint density at radius 2 is 1.90 bits per heavy atom. The number of ketones is 1. The Morgan fingerprint density at radius 3 is 2.55 bits per heavy atom. The van der Waals surface area contributed by atoms with Crippen molar-refractivity contribution in [2.45, 2.75) is 31.7 Å². The maximum absolute atomic E-state index is 12.2. The second-order valence-corrected chi connectivity index (χ2v) is 5.45. The molecule has 1 aromatic rings. The van der Waals surface area contributed by atoms with Gasteiger partial charge in [0, 0.05) is 5.92 Å². The van der Waals surface area contributed by atoms with Crippen LogP contribution in [0.15, 0.2) is 41.7 Å². The van der Waals surface area contributed by atoms with Gasteiger partial charge in [0.15, 0.2) is 5.78 Å². The highest BCUT2D eigenvalue weighted by Crippen LogP contribution is 2.37. The Kier molecular flexibility index (Phi) is 3.30. The quantitative estimate of drug-likeness (QED) is 0.499. The SMILES string of the molecule is O=C1NC(CCc2ccccc2)C(=O)C1=C(O)C1CC1. The topological polar surface area (TPSA) is 66.4 Å². The van der Waals surface area contributed by atoms with Crippen molar-refractivity contribution in [3.05, 3.63) is 47.2 Å². The molecular formula is C16H17NO3. The summed E-state index contributed by atoms with van der Waals surface area (Å²) in [6, 6.07) is 9.35. The summed E-state index contributed by atoms with van der Waals surface area (Å²) in [4.78, 5) is 24.0. The molecule has 1 aliphatic carbocycles. The number of aliphatic hydroxyl groups is 1. The molecule has 1 heterocycles. The van der Waals surface area contributed by atoms with Crippen LogP contribution in [0.4, 0.5) is 0 Å². The van der Waals surface area contributed by atoms with Crippen LogP contribution in [-0.4, -0.2) is 22.8 Å². The summed E-state index contributed by atoms with van der Waals surface area (Å²) in [6.07, 6.45) is 3.03. The third-order valence-corrected chi connectivity index (χ3v) is 3.88. The first-order valence-electron chi connectivity index (χ1n) is 6.99. The van der Waals surface area contributed by atoms with Gasteiger partial charge in [0.2, 0.25) is 0 Å². The molecule has 2 aliphatic rings. The van der Waals surface area contributed by atoms with E-state index >= 15 is 0 Å². The lowest BCUT2D eigenvalue weighted by atomic mass is 10.0. The molecule has 20 heavy (non-hydrogen) atoms. The van der Waals surface area contributed by atoms with Gasteiger partial charge < -0.3 is 10.4 Å². The Balaban J connectivity index is 1.69. The molecule has 1 aliphatic heterocycles. The van der Waals surface area contributed by atoms with Crippen molar-refractivity contribution >= 4 is 11.7 Å². The highest BCUT2D eigenvalue weighted by Gasteiger charge is 2.41. The van der Waals surface area contributed by atoms with Crippen LogP contribution in [0.5, 0.6) is 0 Å². The van der Waals surface area contributed by atoms with Crippen LogP contribution in [0.1, 0.15) is 24.8 Å². The minimum atomic E-state index is -0.501. The van der Waals surface area contributed by atoms with Crippen molar-refractivity contribution < 1.29 is 14.7 Å². The normalized spacial score (nSPS) is 24.7. The number of carbonyl (C=O) groups is 2. The predicted octanol–water partition coefficient (Wildman–Crippen LogP) is 1.91. The predicted molar refractivity (Wildman–Crippen MR) is 74.1 cm³/mol. The average molecular weight is 271 g/mol. The molecule has 4 nitrogen and oxygen atoms in total. The first-order chi connectivity index (χ1) is 9.66. The number of rotatable bonds is 4. The van der Waals surface area contributed by atoms with Crippen molar-refractivity contribution in [1.29, 1.82) is 0 Å². The zero-order chi connectivity index (χ0) is 14.1. The van der Waals surface area contributed by atoms with Crippen LogP contribution in [0.3, 0.4) is 0 Å². The van der Waals surface area contributed by atoms with Crippen LogP contribution in [0.2, 0.25) is 0 Å². The van der Waals surface area contributed by atoms with Crippen LogP contribution in [-0.2, 0) is 16.0 Å². The van der Waals surface area contributed by atoms with Crippen molar-refractivity contribution in [2.75, 3.05) is 0 Å². The lowest BCUT2D eigenvalue weighted by Gasteiger charge is -2.07. The summed E-state index contributed by atoms with van der Waals surface area (Å²) in [5.41, 5.74) is 1.13. The number of aryl methyl sites for hydroxylation is 1. The fourth-order valence-corrected chi connectivity index (χ4v) is 2.54. The van der Waals surface area contributed by atoms with Crippen molar-refractivity contribution in [3.8, 4) is 0 Å². The number of hydrogen-bond acceptors (Lipinski definition) is 3. The number of benzene rings is 1. The molecule has 1 saturated carbocycles. The molecular weight excluding hydrogens is 254 g/mol. The van der Waals surface area contributed by atoms with Gasteiger partial charge in [-0.05, 0) is 31.2 Å². The number of nitrogens with one attached hydrogen (secondary N) is 1.